The van der Waals surface area contributed by atoms with Gasteiger partial charge in [0.25, 0.3) is 0 Å². The Balaban J connectivity index is 3.08. The van der Waals surface area contributed by atoms with E-state index in [1.165, 1.54) is 12.1 Å². The van der Waals surface area contributed by atoms with E-state index < -0.39 is 17.8 Å². The molecule has 1 aromatic carbocycles. The number of halogens is 2. The van der Waals surface area contributed by atoms with Crippen LogP contribution in [0.2, 0.25) is 5.02 Å². The summed E-state index contributed by atoms with van der Waals surface area (Å²) in [5.74, 6) is -1.98. The SMILES string of the molecule is N[C@@H](C(=O)O)c1ccc(Cl)cc1F. The van der Waals surface area contributed by atoms with Gasteiger partial charge in [0.05, 0.1) is 0 Å². The molecule has 0 aliphatic heterocycles. The largest absolute Gasteiger partial charge is 0.480 e. The van der Waals surface area contributed by atoms with Gasteiger partial charge in [-0.25, -0.2) is 4.39 Å². The van der Waals surface area contributed by atoms with Crippen molar-refractivity contribution in [3.8, 4) is 0 Å². The van der Waals surface area contributed by atoms with Crippen molar-refractivity contribution >= 4 is 17.6 Å². The molecule has 1 atom stereocenters. The Kier molecular flexibility index (Phi) is 2.85. The summed E-state index contributed by atoms with van der Waals surface area (Å²) in [6, 6.07) is 2.33. The fourth-order valence-corrected chi connectivity index (χ4v) is 1.05. The zero-order valence-corrected chi connectivity index (χ0v) is 7.25. The minimum absolute atomic E-state index is 0.0723. The maximum Gasteiger partial charge on any atom is 0.325 e. The van der Waals surface area contributed by atoms with Crippen LogP contribution in [0, 0.1) is 5.82 Å². The molecule has 13 heavy (non-hydrogen) atoms. The molecular formula is C8H7ClFNO2. The van der Waals surface area contributed by atoms with Crippen LogP contribution >= 0.6 is 11.6 Å². The van der Waals surface area contributed by atoms with Crippen LogP contribution in [0.5, 0.6) is 0 Å². The van der Waals surface area contributed by atoms with Crippen molar-refractivity contribution in [1.29, 1.82) is 0 Å². The number of aliphatic carboxylic acids is 1. The molecule has 0 heterocycles. The predicted octanol–water partition coefficient (Wildman–Crippen LogP) is 1.56. The molecule has 3 nitrogen and oxygen atoms in total. The molecule has 5 heteroatoms. The summed E-state index contributed by atoms with van der Waals surface area (Å²) < 4.78 is 13.0. The van der Waals surface area contributed by atoms with Crippen LogP contribution in [0.4, 0.5) is 4.39 Å². The zero-order chi connectivity index (χ0) is 10.0. The molecule has 0 saturated heterocycles. The van der Waals surface area contributed by atoms with Crippen molar-refractivity contribution in [1.82, 2.24) is 0 Å². The molecule has 1 rings (SSSR count). The lowest BCUT2D eigenvalue weighted by molar-refractivity contribution is -0.138. The van der Waals surface area contributed by atoms with Crippen molar-refractivity contribution in [3.05, 3.63) is 34.6 Å². The van der Waals surface area contributed by atoms with E-state index >= 15 is 0 Å². The van der Waals surface area contributed by atoms with Gasteiger partial charge < -0.3 is 10.8 Å². The third-order valence-electron chi connectivity index (χ3n) is 1.56. The van der Waals surface area contributed by atoms with E-state index in [1.54, 1.807) is 0 Å². The topological polar surface area (TPSA) is 63.3 Å². The molecule has 0 spiro atoms. The number of carboxylic acid groups (broad SMARTS) is 1. The maximum atomic E-state index is 13.0. The first kappa shape index (κ1) is 9.95. The summed E-state index contributed by atoms with van der Waals surface area (Å²) in [5, 5.41) is 8.71. The monoisotopic (exact) mass is 203 g/mol. The smallest absolute Gasteiger partial charge is 0.325 e. The highest BCUT2D eigenvalue weighted by molar-refractivity contribution is 6.30. The van der Waals surface area contributed by atoms with Crippen LogP contribution in [0.15, 0.2) is 18.2 Å². The van der Waals surface area contributed by atoms with Gasteiger partial charge in [-0.2, -0.15) is 0 Å². The third kappa shape index (κ3) is 2.17. The van der Waals surface area contributed by atoms with Crippen LogP contribution < -0.4 is 5.73 Å². The molecule has 0 aliphatic carbocycles. The van der Waals surface area contributed by atoms with Crippen LogP contribution in [0.1, 0.15) is 11.6 Å². The summed E-state index contributed by atoms with van der Waals surface area (Å²) >= 11 is 5.47. The Bertz CT molecular complexity index is 343. The molecule has 1 aromatic rings. The predicted molar refractivity (Wildman–Crippen MR) is 46.0 cm³/mol. The summed E-state index contributed by atoms with van der Waals surface area (Å²) in [6.45, 7) is 0. The van der Waals surface area contributed by atoms with Gasteiger partial charge in [-0.05, 0) is 12.1 Å². The van der Waals surface area contributed by atoms with Crippen molar-refractivity contribution < 1.29 is 14.3 Å². The molecule has 0 unspecified atom stereocenters. The first-order chi connectivity index (χ1) is 6.02. The molecule has 0 aromatic heterocycles. The zero-order valence-electron chi connectivity index (χ0n) is 6.50. The average molecular weight is 204 g/mol. The minimum Gasteiger partial charge on any atom is -0.480 e. The Labute approximate surface area is 78.9 Å². The van der Waals surface area contributed by atoms with Crippen LogP contribution in [-0.2, 0) is 4.79 Å². The summed E-state index contributed by atoms with van der Waals surface area (Å²) in [6.07, 6.45) is 0. The highest BCUT2D eigenvalue weighted by Gasteiger charge is 2.17. The first-order valence-corrected chi connectivity index (χ1v) is 3.83. The van der Waals surface area contributed by atoms with Gasteiger partial charge >= 0.3 is 5.97 Å². The lowest BCUT2D eigenvalue weighted by Crippen LogP contribution is -2.21. The lowest BCUT2D eigenvalue weighted by atomic mass is 10.1. The van der Waals surface area contributed by atoms with E-state index in [9.17, 15) is 9.18 Å². The van der Waals surface area contributed by atoms with E-state index in [2.05, 4.69) is 0 Å². The lowest BCUT2D eigenvalue weighted by Gasteiger charge is -2.07. The minimum atomic E-state index is -1.35. The number of hydrogen-bond acceptors (Lipinski definition) is 2. The van der Waals surface area contributed by atoms with Gasteiger partial charge in [-0.3, -0.25) is 4.79 Å². The normalized spacial score (nSPS) is 12.5. The second-order valence-corrected chi connectivity index (χ2v) is 2.92. The third-order valence-corrected chi connectivity index (χ3v) is 1.80. The summed E-state index contributed by atoms with van der Waals surface area (Å²) in [7, 11) is 0. The van der Waals surface area contributed by atoms with Crippen LogP contribution in [0.3, 0.4) is 0 Å². The number of hydrogen-bond donors (Lipinski definition) is 2. The second-order valence-electron chi connectivity index (χ2n) is 2.48. The molecule has 70 valence electrons. The molecular weight excluding hydrogens is 197 g/mol. The number of nitrogens with two attached hydrogens (primary N) is 1. The average Bonchev–Trinajstić information content (AvgIpc) is 2.03. The standard InChI is InChI=1S/C8H7ClFNO2/c9-4-1-2-5(6(10)3-4)7(11)8(12)13/h1-3,7H,11H2,(H,12,13)/t7-/m1/s1. The highest BCUT2D eigenvalue weighted by atomic mass is 35.5. The van der Waals surface area contributed by atoms with Gasteiger partial charge in [0.15, 0.2) is 0 Å². The van der Waals surface area contributed by atoms with Gasteiger partial charge in [0.1, 0.15) is 11.9 Å². The van der Waals surface area contributed by atoms with Crippen LogP contribution in [-0.4, -0.2) is 11.1 Å². The first-order valence-electron chi connectivity index (χ1n) is 3.45. The van der Waals surface area contributed by atoms with Crippen molar-refractivity contribution in [2.75, 3.05) is 0 Å². The Hall–Kier alpha value is -1.13. The second kappa shape index (κ2) is 3.72. The molecule has 0 amide bonds. The van der Waals surface area contributed by atoms with Crippen molar-refractivity contribution in [3.63, 3.8) is 0 Å². The molecule has 0 saturated carbocycles. The van der Waals surface area contributed by atoms with Crippen molar-refractivity contribution in [2.45, 2.75) is 6.04 Å². The molecule has 0 bridgehead atoms. The molecule has 3 N–H and O–H groups in total. The quantitative estimate of drug-likeness (QED) is 0.767. The Morgan fingerprint density at radius 2 is 2.23 bits per heavy atom. The highest BCUT2D eigenvalue weighted by Crippen LogP contribution is 2.19. The number of carbonyl (C=O) groups is 1. The van der Waals surface area contributed by atoms with Crippen molar-refractivity contribution in [2.24, 2.45) is 5.73 Å². The number of carboxylic acids is 1. The molecule has 0 aliphatic rings. The van der Waals surface area contributed by atoms with E-state index in [4.69, 9.17) is 22.4 Å². The van der Waals surface area contributed by atoms with E-state index in [0.717, 1.165) is 6.07 Å². The Morgan fingerprint density at radius 3 is 2.69 bits per heavy atom. The van der Waals surface area contributed by atoms with Gasteiger partial charge in [-0.1, -0.05) is 17.7 Å². The Morgan fingerprint density at radius 1 is 1.62 bits per heavy atom. The van der Waals surface area contributed by atoms with Gasteiger partial charge in [-0.15, -0.1) is 0 Å². The number of rotatable bonds is 2. The molecule has 0 radical (unpaired) electrons. The fraction of sp³-hybridized carbons (Fsp3) is 0.125. The molecule has 0 fully saturated rings. The summed E-state index contributed by atoms with van der Waals surface area (Å²) in [5.41, 5.74) is 5.13. The maximum absolute atomic E-state index is 13.0. The van der Waals surface area contributed by atoms with Gasteiger partial charge in [0, 0.05) is 10.6 Å². The van der Waals surface area contributed by atoms with Gasteiger partial charge in [0.2, 0.25) is 0 Å². The van der Waals surface area contributed by atoms with E-state index in [0.29, 0.717) is 0 Å². The number of benzene rings is 1. The van der Waals surface area contributed by atoms with E-state index in [1.807, 2.05) is 0 Å². The summed E-state index contributed by atoms with van der Waals surface area (Å²) in [4.78, 5) is 10.4. The van der Waals surface area contributed by atoms with Crippen LogP contribution in [0.25, 0.3) is 0 Å². The van der Waals surface area contributed by atoms with E-state index in [-0.39, 0.29) is 10.6 Å². The fourth-order valence-electron chi connectivity index (χ4n) is 0.887.